The van der Waals surface area contributed by atoms with E-state index in [1.54, 1.807) is 0 Å². The summed E-state index contributed by atoms with van der Waals surface area (Å²) in [6.07, 6.45) is 10.2. The van der Waals surface area contributed by atoms with Gasteiger partial charge in [-0.2, -0.15) is 0 Å². The Balaban J connectivity index is 2.20. The lowest BCUT2D eigenvalue weighted by Gasteiger charge is -2.49. The van der Waals surface area contributed by atoms with Crippen molar-refractivity contribution in [1.29, 1.82) is 0 Å². The van der Waals surface area contributed by atoms with Gasteiger partial charge in [-0.15, -0.1) is 0 Å². The first-order valence-corrected chi connectivity index (χ1v) is 6.36. The molecule has 0 nitrogen and oxygen atoms in total. The normalized spacial score (nSPS) is 44.9. The summed E-state index contributed by atoms with van der Waals surface area (Å²) in [5.74, 6) is 2.45. The van der Waals surface area contributed by atoms with Crippen LogP contribution in [0.15, 0.2) is 24.3 Å². The molecule has 0 amide bonds. The van der Waals surface area contributed by atoms with Crippen molar-refractivity contribution < 1.29 is 0 Å². The molecule has 0 aromatic rings. The van der Waals surface area contributed by atoms with E-state index in [0.29, 0.717) is 5.41 Å². The summed E-state index contributed by atoms with van der Waals surface area (Å²) in [4.78, 5) is 0. The highest BCUT2D eigenvalue weighted by molar-refractivity contribution is 5.11. The number of hydrogen-bond donors (Lipinski definition) is 0. The highest BCUT2D eigenvalue weighted by Crippen LogP contribution is 2.53. The van der Waals surface area contributed by atoms with Gasteiger partial charge in [-0.05, 0) is 55.8 Å². The summed E-state index contributed by atoms with van der Waals surface area (Å²) >= 11 is 0. The second-order valence-corrected chi connectivity index (χ2v) is 6.00. The van der Waals surface area contributed by atoms with Crippen molar-refractivity contribution in [3.8, 4) is 0 Å². The lowest BCUT2D eigenvalue weighted by Crippen LogP contribution is -2.40. The van der Waals surface area contributed by atoms with Crippen LogP contribution in [-0.4, -0.2) is 0 Å². The Bertz CT molecular complexity index is 286. The Morgan fingerprint density at radius 2 is 2.13 bits per heavy atom. The minimum Gasteiger partial charge on any atom is -0.0999 e. The second kappa shape index (κ2) is 3.81. The first-order valence-electron chi connectivity index (χ1n) is 6.36. The Labute approximate surface area is 94.5 Å². The Hall–Kier alpha value is -0.520. The Morgan fingerprint density at radius 3 is 2.80 bits per heavy atom. The molecule has 0 N–H and O–H groups in total. The molecular formula is C15H24. The minimum atomic E-state index is 0.538. The van der Waals surface area contributed by atoms with E-state index in [2.05, 4.69) is 39.5 Å². The second-order valence-electron chi connectivity index (χ2n) is 6.00. The molecule has 84 valence electrons. The third-order valence-electron chi connectivity index (χ3n) is 5.04. The van der Waals surface area contributed by atoms with Gasteiger partial charge in [0, 0.05) is 0 Å². The van der Waals surface area contributed by atoms with Crippen LogP contribution in [0.5, 0.6) is 0 Å². The van der Waals surface area contributed by atoms with Crippen molar-refractivity contribution in [3.05, 3.63) is 24.3 Å². The molecule has 0 saturated heterocycles. The van der Waals surface area contributed by atoms with Crippen LogP contribution in [0.1, 0.15) is 46.5 Å². The fourth-order valence-electron chi connectivity index (χ4n) is 3.51. The van der Waals surface area contributed by atoms with Gasteiger partial charge in [-0.1, -0.05) is 38.2 Å². The van der Waals surface area contributed by atoms with E-state index in [9.17, 15) is 0 Å². The smallest absolute Gasteiger partial charge is 0.0176 e. The van der Waals surface area contributed by atoms with E-state index in [1.807, 2.05) is 0 Å². The molecule has 0 bridgehead atoms. The van der Waals surface area contributed by atoms with Gasteiger partial charge in [0.05, 0.1) is 0 Å². The molecule has 4 atom stereocenters. The van der Waals surface area contributed by atoms with Crippen LogP contribution in [0.3, 0.4) is 0 Å². The SMILES string of the molecule is C=C(C)C1CCC2C=CCC(C)C2(C)C1. The van der Waals surface area contributed by atoms with Crippen molar-refractivity contribution >= 4 is 0 Å². The number of rotatable bonds is 1. The number of hydrogen-bond acceptors (Lipinski definition) is 0. The average Bonchev–Trinajstić information content (AvgIpc) is 2.19. The van der Waals surface area contributed by atoms with Gasteiger partial charge in [0.15, 0.2) is 0 Å². The lowest BCUT2D eigenvalue weighted by molar-refractivity contribution is 0.0504. The van der Waals surface area contributed by atoms with Crippen molar-refractivity contribution in [3.63, 3.8) is 0 Å². The molecule has 0 radical (unpaired) electrons. The van der Waals surface area contributed by atoms with E-state index in [0.717, 1.165) is 17.8 Å². The summed E-state index contributed by atoms with van der Waals surface area (Å²) in [5.41, 5.74) is 1.94. The molecule has 0 heteroatoms. The average molecular weight is 204 g/mol. The monoisotopic (exact) mass is 204 g/mol. The molecule has 15 heavy (non-hydrogen) atoms. The van der Waals surface area contributed by atoms with Gasteiger partial charge in [0.1, 0.15) is 0 Å². The highest BCUT2D eigenvalue weighted by atomic mass is 14.5. The minimum absolute atomic E-state index is 0.538. The maximum Gasteiger partial charge on any atom is -0.0176 e. The van der Waals surface area contributed by atoms with Crippen LogP contribution >= 0.6 is 0 Å². The van der Waals surface area contributed by atoms with E-state index < -0.39 is 0 Å². The first kappa shape index (κ1) is 11.0. The van der Waals surface area contributed by atoms with Gasteiger partial charge in [-0.3, -0.25) is 0 Å². The maximum atomic E-state index is 4.15. The predicted octanol–water partition coefficient (Wildman–Crippen LogP) is 4.58. The molecule has 1 fully saturated rings. The van der Waals surface area contributed by atoms with Gasteiger partial charge in [0.2, 0.25) is 0 Å². The fourth-order valence-corrected chi connectivity index (χ4v) is 3.51. The summed E-state index contributed by atoms with van der Waals surface area (Å²) in [6, 6.07) is 0. The van der Waals surface area contributed by atoms with Crippen LogP contribution in [0.4, 0.5) is 0 Å². The summed E-state index contributed by atoms with van der Waals surface area (Å²) in [6.45, 7) is 11.3. The third-order valence-corrected chi connectivity index (χ3v) is 5.04. The number of fused-ring (bicyclic) bond motifs is 1. The summed E-state index contributed by atoms with van der Waals surface area (Å²) in [7, 11) is 0. The lowest BCUT2D eigenvalue weighted by atomic mass is 9.55. The van der Waals surface area contributed by atoms with E-state index in [-0.39, 0.29) is 0 Å². The van der Waals surface area contributed by atoms with Crippen LogP contribution in [-0.2, 0) is 0 Å². The zero-order chi connectivity index (χ0) is 11.1. The van der Waals surface area contributed by atoms with Crippen molar-refractivity contribution in [2.75, 3.05) is 0 Å². The van der Waals surface area contributed by atoms with Gasteiger partial charge >= 0.3 is 0 Å². The van der Waals surface area contributed by atoms with Crippen LogP contribution in [0, 0.1) is 23.2 Å². The molecular weight excluding hydrogens is 180 g/mol. The third kappa shape index (κ3) is 1.79. The fraction of sp³-hybridized carbons (Fsp3) is 0.733. The Kier molecular flexibility index (Phi) is 2.79. The number of allylic oxidation sites excluding steroid dienone is 3. The molecule has 2 rings (SSSR count). The van der Waals surface area contributed by atoms with Gasteiger partial charge in [0.25, 0.3) is 0 Å². The quantitative estimate of drug-likeness (QED) is 0.548. The largest absolute Gasteiger partial charge is 0.0999 e. The molecule has 2 aliphatic carbocycles. The zero-order valence-electron chi connectivity index (χ0n) is 10.4. The Morgan fingerprint density at radius 1 is 1.40 bits per heavy atom. The topological polar surface area (TPSA) is 0 Å². The highest BCUT2D eigenvalue weighted by Gasteiger charge is 2.43. The van der Waals surface area contributed by atoms with Crippen molar-refractivity contribution in [2.24, 2.45) is 23.2 Å². The molecule has 0 heterocycles. The summed E-state index contributed by atoms with van der Waals surface area (Å²) < 4.78 is 0. The van der Waals surface area contributed by atoms with Crippen molar-refractivity contribution in [1.82, 2.24) is 0 Å². The molecule has 1 saturated carbocycles. The standard InChI is InChI=1S/C15H24/c1-11(2)13-8-9-14-7-5-6-12(3)15(14,4)10-13/h5,7,12-14H,1,6,8-10H2,2-4H3. The molecule has 0 aromatic carbocycles. The molecule has 0 aromatic heterocycles. The van der Waals surface area contributed by atoms with E-state index in [4.69, 9.17) is 0 Å². The molecule has 2 aliphatic rings. The van der Waals surface area contributed by atoms with Gasteiger partial charge in [-0.25, -0.2) is 0 Å². The van der Waals surface area contributed by atoms with Gasteiger partial charge < -0.3 is 0 Å². The van der Waals surface area contributed by atoms with Crippen LogP contribution in [0.25, 0.3) is 0 Å². The molecule has 0 spiro atoms. The maximum absolute atomic E-state index is 4.15. The van der Waals surface area contributed by atoms with E-state index in [1.165, 1.54) is 31.3 Å². The van der Waals surface area contributed by atoms with Crippen LogP contribution in [0.2, 0.25) is 0 Å². The molecule has 4 unspecified atom stereocenters. The van der Waals surface area contributed by atoms with Crippen LogP contribution < -0.4 is 0 Å². The first-order chi connectivity index (χ1) is 7.04. The summed E-state index contributed by atoms with van der Waals surface area (Å²) in [5, 5.41) is 0. The zero-order valence-corrected chi connectivity index (χ0v) is 10.4. The predicted molar refractivity (Wildman–Crippen MR) is 66.7 cm³/mol. The molecule has 0 aliphatic heterocycles. The van der Waals surface area contributed by atoms with E-state index >= 15 is 0 Å². The van der Waals surface area contributed by atoms with Crippen molar-refractivity contribution in [2.45, 2.75) is 46.5 Å².